The first-order chi connectivity index (χ1) is 13.0. The molecule has 0 unspecified atom stereocenters. The van der Waals surface area contributed by atoms with Gasteiger partial charge in [-0.1, -0.05) is 11.6 Å². The number of halogens is 1. The molecule has 0 N–H and O–H groups in total. The van der Waals surface area contributed by atoms with Gasteiger partial charge in [0, 0.05) is 23.6 Å². The molecule has 4 rings (SSSR count). The summed E-state index contributed by atoms with van der Waals surface area (Å²) in [4.78, 5) is 24.2. The van der Waals surface area contributed by atoms with Gasteiger partial charge < -0.3 is 18.3 Å². The van der Waals surface area contributed by atoms with Gasteiger partial charge in [0.1, 0.15) is 29.5 Å². The number of benzene rings is 1. The molecule has 0 bridgehead atoms. The van der Waals surface area contributed by atoms with Crippen LogP contribution < -0.4 is 10.2 Å². The Bertz CT molecular complexity index is 1110. The highest BCUT2D eigenvalue weighted by Gasteiger charge is 2.21. The lowest BCUT2D eigenvalue weighted by Crippen LogP contribution is -2.08. The summed E-state index contributed by atoms with van der Waals surface area (Å²) in [6.07, 6.45) is 2.42. The molecule has 6 nitrogen and oxygen atoms in total. The van der Waals surface area contributed by atoms with Crippen molar-refractivity contribution >= 4 is 28.5 Å². The van der Waals surface area contributed by atoms with E-state index >= 15 is 0 Å². The van der Waals surface area contributed by atoms with Crippen LogP contribution in [0.5, 0.6) is 5.75 Å². The van der Waals surface area contributed by atoms with Crippen molar-refractivity contribution in [2.24, 2.45) is 0 Å². The smallest absolute Gasteiger partial charge is 0.374 e. The monoisotopic (exact) mass is 388 g/mol. The normalized spacial score (nSPS) is 13.0. The molecule has 1 aliphatic carbocycles. The minimum atomic E-state index is -0.543. The lowest BCUT2D eigenvalue weighted by atomic mass is 10.1. The standard InChI is InChI=1S/C20H17ClO6/c1-10-6-11(26-19(10)20(23)24-2)9-25-17-8-16-13(7-14(17)21)18(22)12-4-3-5-15(12)27-16/h6-8H,3-5,9H2,1-2H3. The van der Waals surface area contributed by atoms with Gasteiger partial charge in [-0.05, 0) is 31.9 Å². The molecule has 0 fully saturated rings. The topological polar surface area (TPSA) is 78.9 Å². The molecule has 0 saturated heterocycles. The molecule has 0 saturated carbocycles. The molecule has 0 amide bonds. The largest absolute Gasteiger partial charge is 0.484 e. The maximum atomic E-state index is 12.6. The summed E-state index contributed by atoms with van der Waals surface area (Å²) in [7, 11) is 1.29. The summed E-state index contributed by atoms with van der Waals surface area (Å²) in [5, 5.41) is 0.763. The molecule has 7 heteroatoms. The molecule has 2 aromatic heterocycles. The number of hydrogen-bond donors (Lipinski definition) is 0. The molecule has 3 aromatic rings. The summed E-state index contributed by atoms with van der Waals surface area (Å²) in [6.45, 7) is 1.82. The second kappa shape index (κ2) is 6.78. The Hall–Kier alpha value is -2.73. The third-order valence-electron chi connectivity index (χ3n) is 4.66. The molecule has 0 spiro atoms. The highest BCUT2D eigenvalue weighted by molar-refractivity contribution is 6.32. The summed E-state index contributed by atoms with van der Waals surface area (Å²) in [6, 6.07) is 4.90. The molecular weight excluding hydrogens is 372 g/mol. The van der Waals surface area contributed by atoms with Gasteiger partial charge in [0.2, 0.25) is 5.76 Å². The maximum Gasteiger partial charge on any atom is 0.374 e. The molecule has 140 valence electrons. The zero-order chi connectivity index (χ0) is 19.1. The summed E-state index contributed by atoms with van der Waals surface area (Å²) in [5.41, 5.74) is 1.83. The Balaban J connectivity index is 1.63. The molecule has 1 aliphatic rings. The fourth-order valence-electron chi connectivity index (χ4n) is 3.33. The third-order valence-corrected chi connectivity index (χ3v) is 4.96. The zero-order valence-corrected chi connectivity index (χ0v) is 15.6. The van der Waals surface area contributed by atoms with Crippen molar-refractivity contribution in [2.75, 3.05) is 7.11 Å². The number of fused-ring (bicyclic) bond motifs is 2. The van der Waals surface area contributed by atoms with E-state index in [4.69, 9.17) is 25.2 Å². The second-order valence-corrected chi connectivity index (χ2v) is 6.88. The number of ether oxygens (including phenoxy) is 2. The van der Waals surface area contributed by atoms with E-state index in [0.29, 0.717) is 33.1 Å². The molecule has 1 aromatic carbocycles. The zero-order valence-electron chi connectivity index (χ0n) is 14.9. The Labute approximate surface area is 159 Å². The quantitative estimate of drug-likeness (QED) is 0.623. The SMILES string of the molecule is COC(=O)c1oc(COc2cc3oc4c(c(=O)c3cc2Cl)CCC4)cc1C. The van der Waals surface area contributed by atoms with Gasteiger partial charge in [0.25, 0.3) is 0 Å². The van der Waals surface area contributed by atoms with Crippen LogP contribution in [0.3, 0.4) is 0 Å². The number of furan rings is 1. The van der Waals surface area contributed by atoms with Crippen LogP contribution in [0, 0.1) is 6.92 Å². The van der Waals surface area contributed by atoms with Crippen LogP contribution in [-0.4, -0.2) is 13.1 Å². The van der Waals surface area contributed by atoms with Gasteiger partial charge in [0.15, 0.2) is 5.43 Å². The highest BCUT2D eigenvalue weighted by Crippen LogP contribution is 2.32. The maximum absolute atomic E-state index is 12.6. The van der Waals surface area contributed by atoms with Gasteiger partial charge >= 0.3 is 5.97 Å². The van der Waals surface area contributed by atoms with E-state index in [0.717, 1.165) is 30.6 Å². The summed E-state index contributed by atoms with van der Waals surface area (Å²) >= 11 is 6.29. The lowest BCUT2D eigenvalue weighted by Gasteiger charge is -2.09. The Morgan fingerprint density at radius 2 is 2.04 bits per heavy atom. The molecule has 0 aliphatic heterocycles. The third kappa shape index (κ3) is 3.10. The Morgan fingerprint density at radius 1 is 1.22 bits per heavy atom. The van der Waals surface area contributed by atoms with E-state index in [9.17, 15) is 9.59 Å². The van der Waals surface area contributed by atoms with Gasteiger partial charge in [-0.3, -0.25) is 4.79 Å². The summed E-state index contributed by atoms with van der Waals surface area (Å²) in [5.74, 6) is 1.17. The van der Waals surface area contributed by atoms with Crippen LogP contribution in [0.15, 0.2) is 31.8 Å². The predicted molar refractivity (Wildman–Crippen MR) is 98.6 cm³/mol. The number of methoxy groups -OCH3 is 1. The predicted octanol–water partition coefficient (Wildman–Crippen LogP) is 4.20. The van der Waals surface area contributed by atoms with Crippen LogP contribution in [0.4, 0.5) is 0 Å². The number of carbonyl (C=O) groups excluding carboxylic acids is 1. The minimum Gasteiger partial charge on any atom is -0.484 e. The van der Waals surface area contributed by atoms with E-state index in [1.165, 1.54) is 7.11 Å². The van der Waals surface area contributed by atoms with E-state index in [1.54, 1.807) is 25.1 Å². The molecule has 0 atom stereocenters. The van der Waals surface area contributed by atoms with Crippen molar-refractivity contribution in [3.05, 3.63) is 61.9 Å². The minimum absolute atomic E-state index is 0.0263. The van der Waals surface area contributed by atoms with Crippen LogP contribution in [0.1, 0.15) is 39.6 Å². The van der Waals surface area contributed by atoms with E-state index in [2.05, 4.69) is 4.74 Å². The van der Waals surface area contributed by atoms with E-state index < -0.39 is 5.97 Å². The van der Waals surface area contributed by atoms with Crippen molar-refractivity contribution in [3.8, 4) is 5.75 Å². The molecular formula is C20H17ClO6. The van der Waals surface area contributed by atoms with Gasteiger partial charge in [-0.2, -0.15) is 0 Å². The second-order valence-electron chi connectivity index (χ2n) is 6.47. The van der Waals surface area contributed by atoms with Gasteiger partial charge in [-0.25, -0.2) is 4.79 Å². The number of carbonyl (C=O) groups is 1. The number of hydrogen-bond acceptors (Lipinski definition) is 6. The highest BCUT2D eigenvalue weighted by atomic mass is 35.5. The molecule has 2 heterocycles. The van der Waals surface area contributed by atoms with Gasteiger partial charge in [-0.15, -0.1) is 0 Å². The number of rotatable bonds is 4. The first kappa shape index (κ1) is 17.7. The Kier molecular flexibility index (Phi) is 4.44. The lowest BCUT2D eigenvalue weighted by molar-refractivity contribution is 0.0560. The van der Waals surface area contributed by atoms with Crippen LogP contribution in [-0.2, 0) is 24.2 Å². The van der Waals surface area contributed by atoms with Crippen LogP contribution >= 0.6 is 11.6 Å². The summed E-state index contributed by atoms with van der Waals surface area (Å²) < 4.78 is 21.8. The average Bonchev–Trinajstić information content (AvgIpc) is 3.27. The average molecular weight is 389 g/mol. The van der Waals surface area contributed by atoms with Crippen molar-refractivity contribution < 1.29 is 23.1 Å². The van der Waals surface area contributed by atoms with Crippen molar-refractivity contribution in [1.29, 1.82) is 0 Å². The first-order valence-corrected chi connectivity index (χ1v) is 8.94. The molecule has 27 heavy (non-hydrogen) atoms. The van der Waals surface area contributed by atoms with Crippen LogP contribution in [0.2, 0.25) is 5.02 Å². The van der Waals surface area contributed by atoms with Crippen molar-refractivity contribution in [1.82, 2.24) is 0 Å². The molecule has 0 radical (unpaired) electrons. The fourth-order valence-corrected chi connectivity index (χ4v) is 3.55. The van der Waals surface area contributed by atoms with E-state index in [1.807, 2.05) is 0 Å². The van der Waals surface area contributed by atoms with Crippen molar-refractivity contribution in [3.63, 3.8) is 0 Å². The van der Waals surface area contributed by atoms with Crippen molar-refractivity contribution in [2.45, 2.75) is 32.8 Å². The van der Waals surface area contributed by atoms with Gasteiger partial charge in [0.05, 0.1) is 17.5 Å². The van der Waals surface area contributed by atoms with E-state index in [-0.39, 0.29) is 17.8 Å². The Morgan fingerprint density at radius 3 is 2.81 bits per heavy atom. The first-order valence-electron chi connectivity index (χ1n) is 8.56. The number of esters is 1. The fraction of sp³-hybridized carbons (Fsp3) is 0.300. The number of aryl methyl sites for hydroxylation is 2. The van der Waals surface area contributed by atoms with Crippen LogP contribution in [0.25, 0.3) is 11.0 Å².